The molecule has 0 aromatic heterocycles. The van der Waals surface area contributed by atoms with E-state index in [9.17, 15) is 13.2 Å². The number of sulfonamides is 1. The van der Waals surface area contributed by atoms with E-state index in [0.717, 1.165) is 17.6 Å². The highest BCUT2D eigenvalue weighted by atomic mass is 32.2. The minimum Gasteiger partial charge on any atom is -0.323 e. The highest BCUT2D eigenvalue weighted by Gasteiger charge is 2.51. The molecular weight excluding hydrogens is 410 g/mol. The summed E-state index contributed by atoms with van der Waals surface area (Å²) in [7, 11) is -2.05. The molecule has 0 saturated carbocycles. The van der Waals surface area contributed by atoms with Crippen LogP contribution in [0.5, 0.6) is 0 Å². The van der Waals surface area contributed by atoms with Crippen molar-refractivity contribution >= 4 is 16.1 Å². The number of hydrogen-bond acceptors (Lipinski definition) is 3. The van der Waals surface area contributed by atoms with Crippen molar-refractivity contribution in [2.24, 2.45) is 5.92 Å². The Balaban J connectivity index is 1.85. The van der Waals surface area contributed by atoms with Crippen molar-refractivity contribution in [2.45, 2.75) is 50.3 Å². The molecule has 2 aliphatic rings. The summed E-state index contributed by atoms with van der Waals surface area (Å²) >= 11 is 0. The Labute approximate surface area is 184 Å². The van der Waals surface area contributed by atoms with Crippen molar-refractivity contribution in [2.75, 3.05) is 7.05 Å². The lowest BCUT2D eigenvalue weighted by Crippen LogP contribution is -2.55. The second-order valence-electron chi connectivity index (χ2n) is 8.62. The van der Waals surface area contributed by atoms with Gasteiger partial charge in [0.15, 0.2) is 0 Å². The van der Waals surface area contributed by atoms with Gasteiger partial charge >= 0.3 is 6.03 Å². The standard InChI is InChI=1S/C24H29N3O3S/c1-17-15-18(2)23(26(16-17)31(29,30)21-13-9-6-10-14-21)27-22(19(3)25(4)24(27)28)20-11-7-5-8-12-20/h5-14,16,18-19,22-23H,15H2,1-4H3/t18-,19-,22-,23+/m0/s1. The van der Waals surface area contributed by atoms with Crippen LogP contribution < -0.4 is 0 Å². The minimum atomic E-state index is -3.83. The number of rotatable bonds is 4. The predicted molar refractivity (Wildman–Crippen MR) is 120 cm³/mol. The van der Waals surface area contributed by atoms with Gasteiger partial charge in [0.2, 0.25) is 0 Å². The van der Waals surface area contributed by atoms with E-state index in [1.54, 1.807) is 53.4 Å². The van der Waals surface area contributed by atoms with E-state index < -0.39 is 16.2 Å². The van der Waals surface area contributed by atoms with Gasteiger partial charge in [0.25, 0.3) is 10.0 Å². The lowest BCUT2D eigenvalue weighted by Gasteiger charge is -2.45. The number of likely N-dealkylation sites (N-methyl/N-ethyl adjacent to an activating group) is 1. The highest BCUT2D eigenvalue weighted by molar-refractivity contribution is 7.89. The van der Waals surface area contributed by atoms with Crippen LogP contribution in [0.25, 0.3) is 0 Å². The van der Waals surface area contributed by atoms with Crippen molar-refractivity contribution in [3.05, 3.63) is 78.0 Å². The van der Waals surface area contributed by atoms with Crippen molar-refractivity contribution in [3.8, 4) is 0 Å². The first kappa shape index (κ1) is 21.4. The molecule has 4 atom stereocenters. The number of allylic oxidation sites excluding steroid dienone is 1. The summed E-state index contributed by atoms with van der Waals surface area (Å²) in [6.07, 6.45) is 1.82. The average Bonchev–Trinajstić information content (AvgIpc) is 2.98. The van der Waals surface area contributed by atoms with E-state index in [1.165, 1.54) is 4.31 Å². The molecule has 2 aliphatic heterocycles. The Bertz CT molecular complexity index is 1090. The zero-order chi connectivity index (χ0) is 22.3. The topological polar surface area (TPSA) is 60.9 Å². The minimum absolute atomic E-state index is 0.0580. The second-order valence-corrected chi connectivity index (χ2v) is 10.5. The molecule has 2 amide bonds. The molecule has 31 heavy (non-hydrogen) atoms. The Morgan fingerprint density at radius 3 is 2.13 bits per heavy atom. The predicted octanol–water partition coefficient (Wildman–Crippen LogP) is 4.44. The number of nitrogens with zero attached hydrogens (tertiary/aromatic N) is 3. The fraction of sp³-hybridized carbons (Fsp3) is 0.375. The maximum atomic E-state index is 13.7. The molecule has 0 N–H and O–H groups in total. The molecule has 2 aromatic carbocycles. The third-order valence-electron chi connectivity index (χ3n) is 6.40. The van der Waals surface area contributed by atoms with Gasteiger partial charge in [-0.1, -0.05) is 61.0 Å². The third-order valence-corrected chi connectivity index (χ3v) is 8.14. The van der Waals surface area contributed by atoms with E-state index in [-0.39, 0.29) is 28.9 Å². The molecule has 2 aromatic rings. The molecule has 2 heterocycles. The zero-order valence-electron chi connectivity index (χ0n) is 18.3. The summed E-state index contributed by atoms with van der Waals surface area (Å²) in [5.74, 6) is -0.0580. The SMILES string of the molecule is CC1=CN(S(=O)(=O)c2ccccc2)[C@H](N2C(=O)N(C)[C@@H](C)[C@H]2c2ccccc2)[C@@H](C)C1. The van der Waals surface area contributed by atoms with E-state index in [2.05, 4.69) is 0 Å². The Morgan fingerprint density at radius 2 is 1.52 bits per heavy atom. The first-order valence-electron chi connectivity index (χ1n) is 10.6. The van der Waals surface area contributed by atoms with Gasteiger partial charge in [-0.15, -0.1) is 0 Å². The molecule has 7 heteroatoms. The van der Waals surface area contributed by atoms with Crippen molar-refractivity contribution in [3.63, 3.8) is 0 Å². The molecule has 6 nitrogen and oxygen atoms in total. The molecule has 4 rings (SSSR count). The van der Waals surface area contributed by atoms with Crippen LogP contribution >= 0.6 is 0 Å². The summed E-state index contributed by atoms with van der Waals surface area (Å²) in [6.45, 7) is 5.97. The van der Waals surface area contributed by atoms with Gasteiger partial charge in [0, 0.05) is 19.2 Å². The van der Waals surface area contributed by atoms with Gasteiger partial charge in [0.1, 0.15) is 6.17 Å². The van der Waals surface area contributed by atoms with Crippen LogP contribution in [0.2, 0.25) is 0 Å². The summed E-state index contributed by atoms with van der Waals surface area (Å²) in [5, 5.41) is 0. The normalized spacial score (nSPS) is 26.9. The van der Waals surface area contributed by atoms with Gasteiger partial charge in [-0.2, -0.15) is 0 Å². The van der Waals surface area contributed by atoms with E-state index in [0.29, 0.717) is 0 Å². The monoisotopic (exact) mass is 439 g/mol. The van der Waals surface area contributed by atoms with Crippen LogP contribution in [0.1, 0.15) is 38.8 Å². The van der Waals surface area contributed by atoms with Crippen LogP contribution in [-0.2, 0) is 10.0 Å². The molecule has 164 valence electrons. The fourth-order valence-electron chi connectivity index (χ4n) is 4.82. The summed E-state index contributed by atoms with van der Waals surface area (Å²) in [5.41, 5.74) is 1.98. The first-order valence-corrected chi connectivity index (χ1v) is 12.0. The smallest absolute Gasteiger partial charge is 0.322 e. The quantitative estimate of drug-likeness (QED) is 0.707. The molecule has 0 bridgehead atoms. The Hall–Kier alpha value is -2.80. The Kier molecular flexibility index (Phi) is 5.56. The molecule has 1 fully saturated rings. The van der Waals surface area contributed by atoms with Crippen molar-refractivity contribution in [1.29, 1.82) is 0 Å². The molecule has 0 radical (unpaired) electrons. The molecule has 0 aliphatic carbocycles. The fourth-order valence-corrected chi connectivity index (χ4v) is 6.48. The van der Waals surface area contributed by atoms with Crippen LogP contribution in [0.4, 0.5) is 4.79 Å². The number of amides is 2. The Morgan fingerprint density at radius 1 is 0.935 bits per heavy atom. The number of carbonyl (C=O) groups excluding carboxylic acids is 1. The summed E-state index contributed by atoms with van der Waals surface area (Å²) in [4.78, 5) is 17.2. The van der Waals surface area contributed by atoms with Crippen LogP contribution in [0.15, 0.2) is 77.3 Å². The first-order chi connectivity index (χ1) is 14.7. The summed E-state index contributed by atoms with van der Waals surface area (Å²) in [6, 6.07) is 17.8. The van der Waals surface area contributed by atoms with Crippen LogP contribution in [0, 0.1) is 5.92 Å². The number of urea groups is 1. The molecular formula is C24H29N3O3S. The maximum Gasteiger partial charge on any atom is 0.322 e. The molecule has 1 saturated heterocycles. The second kappa shape index (κ2) is 8.04. The lowest BCUT2D eigenvalue weighted by molar-refractivity contribution is 0.0794. The largest absolute Gasteiger partial charge is 0.323 e. The van der Waals surface area contributed by atoms with Gasteiger partial charge < -0.3 is 4.90 Å². The van der Waals surface area contributed by atoms with Gasteiger partial charge in [-0.25, -0.2) is 13.2 Å². The van der Waals surface area contributed by atoms with Crippen molar-refractivity contribution in [1.82, 2.24) is 14.1 Å². The average molecular weight is 440 g/mol. The van der Waals surface area contributed by atoms with Crippen LogP contribution in [-0.4, -0.2) is 47.8 Å². The molecule has 0 spiro atoms. The zero-order valence-corrected chi connectivity index (χ0v) is 19.2. The van der Waals surface area contributed by atoms with E-state index >= 15 is 0 Å². The van der Waals surface area contributed by atoms with Gasteiger partial charge in [-0.05, 0) is 38.0 Å². The van der Waals surface area contributed by atoms with Gasteiger partial charge in [0.05, 0.1) is 17.0 Å². The number of benzene rings is 2. The van der Waals surface area contributed by atoms with Gasteiger partial charge in [-0.3, -0.25) is 9.21 Å². The maximum absolute atomic E-state index is 13.7. The summed E-state index contributed by atoms with van der Waals surface area (Å²) < 4.78 is 28.8. The lowest BCUT2D eigenvalue weighted by atomic mass is 9.93. The number of hydrogen-bond donors (Lipinski definition) is 0. The third kappa shape index (κ3) is 3.61. The molecule has 0 unspecified atom stereocenters. The van der Waals surface area contributed by atoms with E-state index in [1.807, 2.05) is 51.1 Å². The van der Waals surface area contributed by atoms with E-state index in [4.69, 9.17) is 0 Å². The van der Waals surface area contributed by atoms with Crippen molar-refractivity contribution < 1.29 is 13.2 Å². The number of carbonyl (C=O) groups is 1. The highest BCUT2D eigenvalue weighted by Crippen LogP contribution is 2.42. The van der Waals surface area contributed by atoms with Crippen LogP contribution in [0.3, 0.4) is 0 Å².